The molecule has 0 aliphatic rings. The molecule has 52 heavy (non-hydrogen) atoms. The number of thiophene rings is 1. The molecular formula is C48H28N2OS. The molecule has 0 saturated heterocycles. The summed E-state index contributed by atoms with van der Waals surface area (Å²) in [5.74, 6) is 0. The molecule has 242 valence electrons. The van der Waals surface area contributed by atoms with Gasteiger partial charge in [-0.25, -0.2) is 0 Å². The summed E-state index contributed by atoms with van der Waals surface area (Å²) in [6, 6.07) is 61.6. The highest BCUT2D eigenvalue weighted by Crippen LogP contribution is 2.45. The molecule has 0 amide bonds. The first kappa shape index (κ1) is 28.1. The third-order valence-corrected chi connectivity index (χ3v) is 12.1. The molecular weight excluding hydrogens is 653 g/mol. The molecule has 0 spiro atoms. The third kappa shape index (κ3) is 3.79. The zero-order valence-electron chi connectivity index (χ0n) is 27.9. The molecule has 0 bridgehead atoms. The summed E-state index contributed by atoms with van der Waals surface area (Å²) < 4.78 is 14.1. The number of aromatic nitrogens is 2. The number of nitrogens with zero attached hydrogens (tertiary/aromatic N) is 2. The molecule has 4 aromatic heterocycles. The summed E-state index contributed by atoms with van der Waals surface area (Å²) in [4.78, 5) is 0. The first-order valence-corrected chi connectivity index (χ1v) is 18.5. The zero-order chi connectivity index (χ0) is 33.9. The summed E-state index contributed by atoms with van der Waals surface area (Å²) >= 11 is 1.88. The van der Waals surface area contributed by atoms with Crippen molar-refractivity contribution in [1.29, 1.82) is 0 Å². The van der Waals surface area contributed by atoms with Crippen LogP contribution < -0.4 is 0 Å². The van der Waals surface area contributed by atoms with Gasteiger partial charge in [0, 0.05) is 53.5 Å². The average Bonchev–Trinajstić information content (AvgIpc) is 3.95. The van der Waals surface area contributed by atoms with Crippen molar-refractivity contribution < 1.29 is 4.42 Å². The van der Waals surface area contributed by atoms with Crippen molar-refractivity contribution in [2.45, 2.75) is 0 Å². The Bertz CT molecular complexity index is 3410. The van der Waals surface area contributed by atoms with Gasteiger partial charge in [-0.1, -0.05) is 109 Å². The Kier molecular flexibility index (Phi) is 5.65. The lowest BCUT2D eigenvalue weighted by Gasteiger charge is -2.10. The maximum atomic E-state index is 6.66. The van der Waals surface area contributed by atoms with E-state index >= 15 is 0 Å². The zero-order valence-corrected chi connectivity index (χ0v) is 28.7. The van der Waals surface area contributed by atoms with E-state index < -0.39 is 0 Å². The average molecular weight is 681 g/mol. The van der Waals surface area contributed by atoms with Crippen LogP contribution in [0.5, 0.6) is 0 Å². The molecule has 0 atom stereocenters. The number of para-hydroxylation sites is 4. The second kappa shape index (κ2) is 10.5. The van der Waals surface area contributed by atoms with Gasteiger partial charge in [0.25, 0.3) is 0 Å². The van der Waals surface area contributed by atoms with E-state index in [1.54, 1.807) is 0 Å². The van der Waals surface area contributed by atoms with Crippen molar-refractivity contribution in [2.24, 2.45) is 0 Å². The first-order valence-electron chi connectivity index (χ1n) is 17.7. The van der Waals surface area contributed by atoms with Crippen LogP contribution in [0.15, 0.2) is 174 Å². The van der Waals surface area contributed by atoms with E-state index in [1.807, 2.05) is 17.4 Å². The highest BCUT2D eigenvalue weighted by molar-refractivity contribution is 7.26. The Labute approximate surface area is 301 Å². The molecule has 0 aliphatic carbocycles. The van der Waals surface area contributed by atoms with Gasteiger partial charge >= 0.3 is 0 Å². The van der Waals surface area contributed by atoms with Gasteiger partial charge in [0.15, 0.2) is 5.58 Å². The topological polar surface area (TPSA) is 23.0 Å². The maximum absolute atomic E-state index is 6.66. The molecule has 12 aromatic rings. The van der Waals surface area contributed by atoms with Crippen LogP contribution in [0, 0.1) is 0 Å². The smallest absolute Gasteiger partial charge is 0.159 e. The largest absolute Gasteiger partial charge is 0.454 e. The second-order valence-electron chi connectivity index (χ2n) is 13.7. The molecule has 0 N–H and O–H groups in total. The number of hydrogen-bond donors (Lipinski definition) is 0. The van der Waals surface area contributed by atoms with Gasteiger partial charge in [0.05, 0.1) is 32.5 Å². The summed E-state index contributed by atoms with van der Waals surface area (Å²) in [5.41, 5.74) is 11.3. The molecule has 4 heterocycles. The SMILES string of the molecule is c1ccc(-n2c3ccccc3c3cc(-c4ccc5c(c4)c4ccc6c7ccccc7sc6c4n5-c4cccc5c4oc4ccccc45)ccc32)cc1. The minimum atomic E-state index is 0.907. The van der Waals surface area contributed by atoms with E-state index in [1.165, 1.54) is 80.6 Å². The standard InChI is InChI=1S/C48H28N2OS/c1-2-11-31(12-3-1)49-40-17-7-4-13-32(40)38-27-29(21-25-41(38)49)30-22-26-42-39(28-30)35-23-24-37-34-15-6-9-20-45(34)52-48(37)46(35)50(42)43-18-10-16-36-33-14-5-8-19-44(33)51-47(36)43/h1-28H. The van der Waals surface area contributed by atoms with E-state index in [4.69, 9.17) is 4.42 Å². The van der Waals surface area contributed by atoms with E-state index in [0.717, 1.165) is 27.6 Å². The monoisotopic (exact) mass is 680 g/mol. The predicted molar refractivity (Wildman–Crippen MR) is 221 cm³/mol. The Morgan fingerprint density at radius 3 is 1.88 bits per heavy atom. The number of furan rings is 1. The van der Waals surface area contributed by atoms with Gasteiger partial charge in [-0.15, -0.1) is 11.3 Å². The highest BCUT2D eigenvalue weighted by Gasteiger charge is 2.22. The van der Waals surface area contributed by atoms with Crippen LogP contribution in [0.25, 0.3) is 108 Å². The van der Waals surface area contributed by atoms with Crippen LogP contribution in [0.3, 0.4) is 0 Å². The molecule has 0 aliphatic heterocycles. The second-order valence-corrected chi connectivity index (χ2v) is 14.7. The number of rotatable bonds is 3. The number of hydrogen-bond acceptors (Lipinski definition) is 2. The quantitative estimate of drug-likeness (QED) is 0.182. The molecule has 12 rings (SSSR count). The predicted octanol–water partition coefficient (Wildman–Crippen LogP) is 13.8. The van der Waals surface area contributed by atoms with Crippen molar-refractivity contribution in [3.05, 3.63) is 170 Å². The summed E-state index contributed by atoms with van der Waals surface area (Å²) in [7, 11) is 0. The minimum Gasteiger partial charge on any atom is -0.454 e. The summed E-state index contributed by atoms with van der Waals surface area (Å²) in [6.07, 6.45) is 0. The van der Waals surface area contributed by atoms with E-state index in [0.29, 0.717) is 0 Å². The van der Waals surface area contributed by atoms with Crippen LogP contribution in [-0.2, 0) is 0 Å². The third-order valence-electron chi connectivity index (χ3n) is 10.9. The Morgan fingerprint density at radius 2 is 1.04 bits per heavy atom. The lowest BCUT2D eigenvalue weighted by molar-refractivity contribution is 0.666. The van der Waals surface area contributed by atoms with E-state index in [-0.39, 0.29) is 0 Å². The molecule has 0 radical (unpaired) electrons. The van der Waals surface area contributed by atoms with Crippen LogP contribution in [0.2, 0.25) is 0 Å². The lowest BCUT2D eigenvalue weighted by atomic mass is 10.0. The molecule has 3 nitrogen and oxygen atoms in total. The number of fused-ring (bicyclic) bond motifs is 13. The fourth-order valence-corrected chi connectivity index (χ4v) is 9.87. The van der Waals surface area contributed by atoms with E-state index in [2.05, 4.69) is 173 Å². The first-order chi connectivity index (χ1) is 25.8. The van der Waals surface area contributed by atoms with Crippen molar-refractivity contribution in [1.82, 2.24) is 9.13 Å². The van der Waals surface area contributed by atoms with Crippen LogP contribution in [0.4, 0.5) is 0 Å². The molecule has 0 saturated carbocycles. The van der Waals surface area contributed by atoms with Crippen LogP contribution in [0.1, 0.15) is 0 Å². The molecule has 0 unspecified atom stereocenters. The Balaban J connectivity index is 1.15. The van der Waals surface area contributed by atoms with Gasteiger partial charge in [0.2, 0.25) is 0 Å². The fourth-order valence-electron chi connectivity index (χ4n) is 8.63. The fraction of sp³-hybridized carbons (Fsp3) is 0. The summed E-state index contributed by atoms with van der Waals surface area (Å²) in [5, 5.41) is 9.83. The van der Waals surface area contributed by atoms with Gasteiger partial charge < -0.3 is 13.6 Å². The van der Waals surface area contributed by atoms with Crippen LogP contribution >= 0.6 is 11.3 Å². The highest BCUT2D eigenvalue weighted by atomic mass is 32.1. The van der Waals surface area contributed by atoms with Crippen molar-refractivity contribution in [3.63, 3.8) is 0 Å². The minimum absolute atomic E-state index is 0.907. The van der Waals surface area contributed by atoms with Gasteiger partial charge in [0.1, 0.15) is 5.58 Å². The van der Waals surface area contributed by atoms with Gasteiger partial charge in [-0.05, 0) is 71.8 Å². The van der Waals surface area contributed by atoms with E-state index in [9.17, 15) is 0 Å². The van der Waals surface area contributed by atoms with Crippen LogP contribution in [-0.4, -0.2) is 9.13 Å². The van der Waals surface area contributed by atoms with Crippen molar-refractivity contribution in [2.75, 3.05) is 0 Å². The Hall–Kier alpha value is -6.62. The summed E-state index contributed by atoms with van der Waals surface area (Å²) in [6.45, 7) is 0. The maximum Gasteiger partial charge on any atom is 0.159 e. The lowest BCUT2D eigenvalue weighted by Crippen LogP contribution is -1.94. The molecule has 8 aromatic carbocycles. The van der Waals surface area contributed by atoms with Crippen molar-refractivity contribution in [3.8, 4) is 22.5 Å². The van der Waals surface area contributed by atoms with Gasteiger partial charge in [-0.3, -0.25) is 0 Å². The Morgan fingerprint density at radius 1 is 0.404 bits per heavy atom. The van der Waals surface area contributed by atoms with Gasteiger partial charge in [-0.2, -0.15) is 0 Å². The molecule has 4 heteroatoms. The normalized spacial score (nSPS) is 12.2. The molecule has 0 fully saturated rings. The van der Waals surface area contributed by atoms with Crippen molar-refractivity contribution >= 4 is 97.1 Å². The number of benzene rings is 8.